The van der Waals surface area contributed by atoms with Crippen LogP contribution in [0, 0.1) is 0 Å². The van der Waals surface area contributed by atoms with E-state index >= 15 is 0 Å². The van der Waals surface area contributed by atoms with Crippen LogP contribution in [0.1, 0.15) is 36.8 Å². The van der Waals surface area contributed by atoms with Crippen molar-refractivity contribution in [3.8, 4) is 0 Å². The maximum absolute atomic E-state index is 12.4. The summed E-state index contributed by atoms with van der Waals surface area (Å²) in [6.45, 7) is 2.94. The third-order valence-electron chi connectivity index (χ3n) is 5.45. The molecule has 24 heavy (non-hydrogen) atoms. The number of aliphatic hydroxyl groups is 2. The van der Waals surface area contributed by atoms with Crippen molar-refractivity contribution in [2.75, 3.05) is 14.2 Å². The van der Waals surface area contributed by atoms with Gasteiger partial charge in [-0.05, 0) is 25.0 Å². The van der Waals surface area contributed by atoms with E-state index in [1.54, 1.807) is 24.3 Å². The van der Waals surface area contributed by atoms with Crippen LogP contribution in [0.2, 0.25) is 0 Å². The van der Waals surface area contributed by atoms with E-state index in [1.807, 2.05) is 0 Å². The zero-order valence-electron chi connectivity index (χ0n) is 14.0. The Morgan fingerprint density at radius 2 is 1.21 bits per heavy atom. The first-order valence-electron chi connectivity index (χ1n) is 7.64. The first kappa shape index (κ1) is 16.7. The number of fused-ring (bicyclic) bond motifs is 1. The van der Waals surface area contributed by atoms with Crippen LogP contribution in [0.3, 0.4) is 0 Å². The fraction of sp³-hybridized carbons (Fsp3) is 0.444. The molecule has 0 saturated carbocycles. The lowest BCUT2D eigenvalue weighted by Crippen LogP contribution is -2.65. The number of methoxy groups -OCH3 is 2. The number of rotatable bonds is 2. The van der Waals surface area contributed by atoms with Crippen molar-refractivity contribution >= 4 is 11.9 Å². The minimum atomic E-state index is -1.66. The molecule has 4 rings (SSSR count). The zero-order valence-corrected chi connectivity index (χ0v) is 14.0. The van der Waals surface area contributed by atoms with Crippen molar-refractivity contribution in [3.05, 3.63) is 46.5 Å². The highest BCUT2D eigenvalue weighted by Crippen LogP contribution is 2.61. The molecule has 2 bridgehead atoms. The first-order valence-corrected chi connectivity index (χ1v) is 7.64. The molecule has 1 aromatic rings. The predicted octanol–water partition coefficient (Wildman–Crippen LogP) is 1.03. The average Bonchev–Trinajstić information content (AvgIpc) is 2.56. The van der Waals surface area contributed by atoms with Crippen molar-refractivity contribution in [2.24, 2.45) is 0 Å². The van der Waals surface area contributed by atoms with Crippen molar-refractivity contribution in [1.82, 2.24) is 0 Å². The quantitative estimate of drug-likeness (QED) is 0.786. The molecule has 0 heterocycles. The summed E-state index contributed by atoms with van der Waals surface area (Å²) < 4.78 is 9.69. The second-order valence-corrected chi connectivity index (χ2v) is 6.60. The van der Waals surface area contributed by atoms with E-state index in [0.29, 0.717) is 11.1 Å². The number of carbonyl (C=O) groups excluding carboxylic acids is 2. The summed E-state index contributed by atoms with van der Waals surface area (Å²) in [7, 11) is 2.43. The van der Waals surface area contributed by atoms with Gasteiger partial charge in [0, 0.05) is 11.8 Å². The highest BCUT2D eigenvalue weighted by atomic mass is 16.5. The Hall–Kier alpha value is -2.18. The van der Waals surface area contributed by atoms with Gasteiger partial charge >= 0.3 is 11.9 Å². The van der Waals surface area contributed by atoms with Crippen LogP contribution in [0.4, 0.5) is 0 Å². The molecule has 3 aliphatic carbocycles. The maximum Gasteiger partial charge on any atom is 0.335 e. The lowest BCUT2D eigenvalue weighted by atomic mass is 9.50. The van der Waals surface area contributed by atoms with Gasteiger partial charge in [0.2, 0.25) is 0 Å². The Balaban J connectivity index is 2.42. The van der Waals surface area contributed by atoms with Crippen LogP contribution in [0.5, 0.6) is 0 Å². The highest BCUT2D eigenvalue weighted by Gasteiger charge is 2.65. The number of esters is 2. The molecule has 0 radical (unpaired) electrons. The molecule has 1 aromatic carbocycles. The Morgan fingerprint density at radius 3 is 1.50 bits per heavy atom. The number of ether oxygens (including phenoxy) is 2. The van der Waals surface area contributed by atoms with Crippen LogP contribution in [0.15, 0.2) is 35.4 Å². The average molecular weight is 332 g/mol. The third kappa shape index (κ3) is 1.84. The fourth-order valence-electron chi connectivity index (χ4n) is 4.09. The monoisotopic (exact) mass is 332 g/mol. The molecular formula is C18H20O6. The van der Waals surface area contributed by atoms with E-state index in [2.05, 4.69) is 0 Å². The van der Waals surface area contributed by atoms with Gasteiger partial charge < -0.3 is 19.7 Å². The molecule has 0 amide bonds. The van der Waals surface area contributed by atoms with Gasteiger partial charge in [0.15, 0.2) is 0 Å². The largest absolute Gasteiger partial charge is 0.466 e. The Bertz CT molecular complexity index is 696. The smallest absolute Gasteiger partial charge is 0.335 e. The number of carbonyl (C=O) groups is 2. The second kappa shape index (κ2) is 5.16. The molecular weight excluding hydrogens is 312 g/mol. The molecule has 6 nitrogen and oxygen atoms in total. The normalized spacial score (nSPS) is 33.9. The molecule has 0 fully saturated rings. The first-order chi connectivity index (χ1) is 11.2. The van der Waals surface area contributed by atoms with E-state index < -0.39 is 35.0 Å². The summed E-state index contributed by atoms with van der Waals surface area (Å²) in [5, 5.41) is 22.2. The molecule has 3 aliphatic rings. The van der Waals surface area contributed by atoms with Crippen LogP contribution < -0.4 is 0 Å². The topological polar surface area (TPSA) is 93.1 Å². The van der Waals surface area contributed by atoms with E-state index in [4.69, 9.17) is 9.47 Å². The van der Waals surface area contributed by atoms with Gasteiger partial charge in [-0.15, -0.1) is 0 Å². The third-order valence-corrected chi connectivity index (χ3v) is 5.45. The molecule has 4 atom stereocenters. The van der Waals surface area contributed by atoms with Gasteiger partial charge in [-0.1, -0.05) is 24.3 Å². The Morgan fingerprint density at radius 1 is 0.875 bits per heavy atom. The van der Waals surface area contributed by atoms with Crippen LogP contribution in [-0.2, 0) is 19.1 Å². The predicted molar refractivity (Wildman–Crippen MR) is 84.2 cm³/mol. The van der Waals surface area contributed by atoms with Crippen LogP contribution in [0.25, 0.3) is 0 Å². The lowest BCUT2D eigenvalue weighted by Gasteiger charge is -2.57. The molecule has 0 saturated heterocycles. The van der Waals surface area contributed by atoms with Gasteiger partial charge in [-0.25, -0.2) is 9.59 Å². The van der Waals surface area contributed by atoms with Gasteiger partial charge in [0.05, 0.1) is 25.4 Å². The maximum atomic E-state index is 12.4. The summed E-state index contributed by atoms with van der Waals surface area (Å²) in [6, 6.07) is 7.15. The molecule has 0 unspecified atom stereocenters. The number of hydrogen-bond donors (Lipinski definition) is 2. The molecule has 0 spiro atoms. The fourth-order valence-corrected chi connectivity index (χ4v) is 4.09. The standard InChI is InChI=1S/C18H20O6/c1-17(21)13-9-7-5-6-8-10(9)14(18(17,2)22)12(16(20)24-4)11(13)15(19)23-3/h5-8,13-14,21-22H,1-4H3/t13-,14+,17+,18-. The number of benzene rings is 1. The molecule has 0 aliphatic heterocycles. The summed E-state index contributed by atoms with van der Waals surface area (Å²) in [5.41, 5.74) is -1.83. The summed E-state index contributed by atoms with van der Waals surface area (Å²) in [4.78, 5) is 24.8. The van der Waals surface area contributed by atoms with Gasteiger partial charge in [0.25, 0.3) is 0 Å². The van der Waals surface area contributed by atoms with E-state index in [-0.39, 0.29) is 11.1 Å². The highest BCUT2D eigenvalue weighted by molar-refractivity contribution is 6.05. The van der Waals surface area contributed by atoms with Crippen molar-refractivity contribution < 1.29 is 29.3 Å². The van der Waals surface area contributed by atoms with Crippen molar-refractivity contribution in [3.63, 3.8) is 0 Å². The molecule has 6 heteroatoms. The molecule has 128 valence electrons. The SMILES string of the molecule is COC(=O)C1=C(C(=O)OC)[C@H]2c3ccccc3[C@@H]1[C@@](C)(O)[C@@]2(C)O. The van der Waals surface area contributed by atoms with Gasteiger partial charge in [0.1, 0.15) is 11.2 Å². The zero-order chi connectivity index (χ0) is 17.9. The van der Waals surface area contributed by atoms with Crippen molar-refractivity contribution in [2.45, 2.75) is 36.9 Å². The van der Waals surface area contributed by atoms with E-state index in [1.165, 1.54) is 28.1 Å². The lowest BCUT2D eigenvalue weighted by molar-refractivity contribution is -0.171. The van der Waals surface area contributed by atoms with E-state index in [0.717, 1.165) is 0 Å². The van der Waals surface area contributed by atoms with E-state index in [9.17, 15) is 19.8 Å². The number of hydrogen-bond acceptors (Lipinski definition) is 6. The Kier molecular flexibility index (Phi) is 3.58. The molecule has 0 aromatic heterocycles. The Labute approximate surface area is 139 Å². The molecule has 2 N–H and O–H groups in total. The minimum Gasteiger partial charge on any atom is -0.466 e. The second-order valence-electron chi connectivity index (χ2n) is 6.60. The summed E-state index contributed by atoms with van der Waals surface area (Å²) in [5.74, 6) is -3.21. The van der Waals surface area contributed by atoms with Crippen LogP contribution >= 0.6 is 0 Å². The summed E-state index contributed by atoms with van der Waals surface area (Å²) in [6.07, 6.45) is 0. The van der Waals surface area contributed by atoms with Crippen LogP contribution in [-0.4, -0.2) is 47.6 Å². The van der Waals surface area contributed by atoms with Crippen molar-refractivity contribution in [1.29, 1.82) is 0 Å². The minimum absolute atomic E-state index is 0.0459. The van der Waals surface area contributed by atoms with Gasteiger partial charge in [-0.2, -0.15) is 0 Å². The summed E-state index contributed by atoms with van der Waals surface area (Å²) >= 11 is 0. The van der Waals surface area contributed by atoms with Gasteiger partial charge in [-0.3, -0.25) is 0 Å².